The minimum atomic E-state index is -3.59. The molecule has 6 heteroatoms. The first-order chi connectivity index (χ1) is 8.99. The number of nitrogens with two attached hydrogens (primary N) is 1. The second kappa shape index (κ2) is 5.73. The Labute approximate surface area is 120 Å². The van der Waals surface area contributed by atoms with E-state index < -0.39 is 10.0 Å². The Balaban J connectivity index is 2.21. The molecule has 0 aliphatic carbocycles. The number of hydrogen-bond donors (Lipinski definition) is 2. The molecule has 0 atom stereocenters. The van der Waals surface area contributed by atoms with E-state index in [2.05, 4.69) is 20.7 Å². The van der Waals surface area contributed by atoms with Gasteiger partial charge in [0, 0.05) is 16.7 Å². The van der Waals surface area contributed by atoms with Gasteiger partial charge in [-0.15, -0.1) is 0 Å². The molecule has 2 rings (SSSR count). The van der Waals surface area contributed by atoms with Crippen LogP contribution >= 0.6 is 15.9 Å². The predicted molar refractivity (Wildman–Crippen MR) is 79.0 cm³/mol. The highest BCUT2D eigenvalue weighted by molar-refractivity contribution is 9.10. The van der Waals surface area contributed by atoms with Gasteiger partial charge < -0.3 is 5.73 Å². The van der Waals surface area contributed by atoms with Crippen LogP contribution in [0.15, 0.2) is 57.9 Å². The Kier molecular flexibility index (Phi) is 4.24. The quantitative estimate of drug-likeness (QED) is 0.840. The van der Waals surface area contributed by atoms with Crippen LogP contribution in [0.1, 0.15) is 5.56 Å². The molecule has 0 aliphatic heterocycles. The third kappa shape index (κ3) is 3.56. The summed E-state index contributed by atoms with van der Waals surface area (Å²) in [7, 11) is -3.59. The molecular formula is C13H13BrN2O2S. The van der Waals surface area contributed by atoms with Gasteiger partial charge in [-0.2, -0.15) is 0 Å². The number of benzene rings is 2. The van der Waals surface area contributed by atoms with Crippen molar-refractivity contribution in [3.63, 3.8) is 0 Å². The van der Waals surface area contributed by atoms with Gasteiger partial charge in [0.25, 0.3) is 0 Å². The molecule has 3 N–H and O–H groups in total. The van der Waals surface area contributed by atoms with Crippen molar-refractivity contribution in [2.75, 3.05) is 5.73 Å². The van der Waals surface area contributed by atoms with Crippen molar-refractivity contribution in [1.82, 2.24) is 4.72 Å². The van der Waals surface area contributed by atoms with Gasteiger partial charge in [0.05, 0.1) is 4.90 Å². The summed E-state index contributed by atoms with van der Waals surface area (Å²) in [6.45, 7) is 0.240. The summed E-state index contributed by atoms with van der Waals surface area (Å²) in [5.41, 5.74) is 6.92. The summed E-state index contributed by atoms with van der Waals surface area (Å²) in [6.07, 6.45) is 0. The fourth-order valence-corrected chi connectivity index (χ4v) is 3.59. The highest BCUT2D eigenvalue weighted by Crippen LogP contribution is 2.24. The molecular weight excluding hydrogens is 328 g/mol. The summed E-state index contributed by atoms with van der Waals surface area (Å²) in [5.74, 6) is 0. The number of nitrogens with one attached hydrogen (secondary N) is 1. The molecule has 0 bridgehead atoms. The maximum absolute atomic E-state index is 12.2. The van der Waals surface area contributed by atoms with Crippen molar-refractivity contribution in [1.29, 1.82) is 0 Å². The zero-order chi connectivity index (χ0) is 13.9. The molecule has 2 aromatic rings. The molecule has 4 nitrogen and oxygen atoms in total. The number of nitrogen functional groups attached to an aromatic ring is 1. The van der Waals surface area contributed by atoms with E-state index in [1.807, 2.05) is 30.3 Å². The van der Waals surface area contributed by atoms with Crippen molar-refractivity contribution in [3.05, 3.63) is 58.6 Å². The summed E-state index contributed by atoms with van der Waals surface area (Å²) in [4.78, 5) is 0.142. The first kappa shape index (κ1) is 14.0. The van der Waals surface area contributed by atoms with Gasteiger partial charge in [0.1, 0.15) is 0 Å². The zero-order valence-corrected chi connectivity index (χ0v) is 12.4. The van der Waals surface area contributed by atoms with Crippen molar-refractivity contribution >= 4 is 31.6 Å². The average Bonchev–Trinajstić information content (AvgIpc) is 2.40. The average molecular weight is 341 g/mol. The summed E-state index contributed by atoms with van der Waals surface area (Å²) in [6, 6.07) is 14.0. The predicted octanol–water partition coefficient (Wildman–Crippen LogP) is 2.51. The molecule has 0 aliphatic rings. The first-order valence-electron chi connectivity index (χ1n) is 5.58. The standard InChI is InChI=1S/C13H13BrN2O2S/c14-12-7-6-11(15)8-13(12)19(17,18)16-9-10-4-2-1-3-5-10/h1-8,16H,9,15H2. The molecule has 0 saturated heterocycles. The Morgan fingerprint density at radius 1 is 1.11 bits per heavy atom. The maximum atomic E-state index is 12.2. The van der Waals surface area contributed by atoms with Crippen LogP contribution in [-0.4, -0.2) is 8.42 Å². The normalized spacial score (nSPS) is 11.4. The minimum absolute atomic E-state index is 0.142. The molecule has 2 aromatic carbocycles. The molecule has 0 fully saturated rings. The molecule has 0 saturated carbocycles. The van der Waals surface area contributed by atoms with E-state index in [1.165, 1.54) is 6.07 Å². The topological polar surface area (TPSA) is 72.2 Å². The maximum Gasteiger partial charge on any atom is 0.242 e. The van der Waals surface area contributed by atoms with Crippen LogP contribution in [0.5, 0.6) is 0 Å². The lowest BCUT2D eigenvalue weighted by atomic mass is 10.2. The van der Waals surface area contributed by atoms with Gasteiger partial charge in [0.2, 0.25) is 10.0 Å². The largest absolute Gasteiger partial charge is 0.399 e. The Hall–Kier alpha value is -1.37. The monoisotopic (exact) mass is 340 g/mol. The van der Waals surface area contributed by atoms with Crippen LogP contribution in [0.4, 0.5) is 5.69 Å². The number of hydrogen-bond acceptors (Lipinski definition) is 3. The lowest BCUT2D eigenvalue weighted by Gasteiger charge is -2.09. The van der Waals surface area contributed by atoms with Crippen LogP contribution in [0.25, 0.3) is 0 Å². The molecule has 0 spiro atoms. The number of sulfonamides is 1. The van der Waals surface area contributed by atoms with Crippen molar-refractivity contribution in [2.24, 2.45) is 0 Å². The molecule has 100 valence electrons. The third-order valence-electron chi connectivity index (χ3n) is 2.55. The Morgan fingerprint density at radius 3 is 2.47 bits per heavy atom. The van der Waals surface area contributed by atoms with Gasteiger partial charge >= 0.3 is 0 Å². The lowest BCUT2D eigenvalue weighted by molar-refractivity contribution is 0.581. The van der Waals surface area contributed by atoms with Gasteiger partial charge in [-0.1, -0.05) is 30.3 Å². The van der Waals surface area contributed by atoms with Crippen molar-refractivity contribution in [3.8, 4) is 0 Å². The van der Waals surface area contributed by atoms with E-state index in [4.69, 9.17) is 5.73 Å². The second-order valence-electron chi connectivity index (χ2n) is 4.00. The van der Waals surface area contributed by atoms with Crippen molar-refractivity contribution in [2.45, 2.75) is 11.4 Å². The highest BCUT2D eigenvalue weighted by Gasteiger charge is 2.17. The van der Waals surface area contributed by atoms with Crippen LogP contribution in [-0.2, 0) is 16.6 Å². The van der Waals surface area contributed by atoms with Crippen LogP contribution < -0.4 is 10.5 Å². The Bertz CT molecular complexity index is 672. The zero-order valence-electron chi connectivity index (χ0n) is 10.0. The van der Waals surface area contributed by atoms with Gasteiger partial charge in [-0.25, -0.2) is 13.1 Å². The summed E-state index contributed by atoms with van der Waals surface area (Å²) >= 11 is 3.22. The number of rotatable bonds is 4. The highest BCUT2D eigenvalue weighted by atomic mass is 79.9. The van der Waals surface area contributed by atoms with E-state index in [9.17, 15) is 8.42 Å². The minimum Gasteiger partial charge on any atom is -0.399 e. The van der Waals surface area contributed by atoms with Crippen molar-refractivity contribution < 1.29 is 8.42 Å². The second-order valence-corrected chi connectivity index (χ2v) is 6.59. The van der Waals surface area contributed by atoms with E-state index >= 15 is 0 Å². The molecule has 0 radical (unpaired) electrons. The molecule has 0 aromatic heterocycles. The summed E-state index contributed by atoms with van der Waals surface area (Å²) < 4.78 is 27.4. The van der Waals surface area contributed by atoms with E-state index in [0.29, 0.717) is 10.2 Å². The number of halogens is 1. The molecule has 0 heterocycles. The van der Waals surface area contributed by atoms with Crippen LogP contribution in [0.2, 0.25) is 0 Å². The smallest absolute Gasteiger partial charge is 0.242 e. The van der Waals surface area contributed by atoms with E-state index in [-0.39, 0.29) is 11.4 Å². The SMILES string of the molecule is Nc1ccc(Br)c(S(=O)(=O)NCc2ccccc2)c1. The lowest BCUT2D eigenvalue weighted by Crippen LogP contribution is -2.23. The van der Waals surface area contributed by atoms with Crippen LogP contribution in [0, 0.1) is 0 Å². The first-order valence-corrected chi connectivity index (χ1v) is 7.85. The molecule has 0 unspecified atom stereocenters. The number of anilines is 1. The molecule has 0 amide bonds. The fourth-order valence-electron chi connectivity index (χ4n) is 1.58. The van der Waals surface area contributed by atoms with Gasteiger partial charge in [-0.3, -0.25) is 0 Å². The third-order valence-corrected chi connectivity index (χ3v) is 4.95. The fraction of sp³-hybridized carbons (Fsp3) is 0.0769. The van der Waals surface area contributed by atoms with Gasteiger partial charge in [-0.05, 0) is 39.7 Å². The Morgan fingerprint density at radius 2 is 1.79 bits per heavy atom. The van der Waals surface area contributed by atoms with E-state index in [1.54, 1.807) is 12.1 Å². The summed E-state index contributed by atoms with van der Waals surface area (Å²) in [5, 5.41) is 0. The molecule has 19 heavy (non-hydrogen) atoms. The van der Waals surface area contributed by atoms with Crippen LogP contribution in [0.3, 0.4) is 0 Å². The van der Waals surface area contributed by atoms with Gasteiger partial charge in [0.15, 0.2) is 0 Å². The van der Waals surface area contributed by atoms with E-state index in [0.717, 1.165) is 5.56 Å².